The van der Waals surface area contributed by atoms with Crippen LogP contribution >= 0.6 is 0 Å². The van der Waals surface area contributed by atoms with Crippen LogP contribution in [-0.2, 0) is 0 Å². The van der Waals surface area contributed by atoms with E-state index in [1.807, 2.05) is 0 Å². The monoisotopic (exact) mass is 181 g/mol. The molecule has 0 unspecified atom stereocenters. The number of amidine groups is 1. The summed E-state index contributed by atoms with van der Waals surface area (Å²) in [7, 11) is 4.21. The molecular formula is C10H19N3. The molecule has 1 aliphatic rings. The van der Waals surface area contributed by atoms with Crippen molar-refractivity contribution >= 4 is 5.84 Å². The van der Waals surface area contributed by atoms with Gasteiger partial charge in [0.25, 0.3) is 0 Å². The molecule has 0 aliphatic carbocycles. The van der Waals surface area contributed by atoms with Crippen molar-refractivity contribution in [3.8, 4) is 0 Å². The van der Waals surface area contributed by atoms with Crippen molar-refractivity contribution in [2.75, 3.05) is 33.7 Å². The first kappa shape index (κ1) is 10.3. The molecule has 0 aromatic heterocycles. The van der Waals surface area contributed by atoms with Gasteiger partial charge in [-0.05, 0) is 13.5 Å². The summed E-state index contributed by atoms with van der Waals surface area (Å²) in [4.78, 5) is 8.98. The Hall–Kier alpha value is -0.830. The van der Waals surface area contributed by atoms with Gasteiger partial charge in [0.05, 0.1) is 6.54 Å². The van der Waals surface area contributed by atoms with E-state index in [2.05, 4.69) is 42.4 Å². The molecule has 13 heavy (non-hydrogen) atoms. The first-order valence-electron chi connectivity index (χ1n) is 4.78. The quantitative estimate of drug-likeness (QED) is 0.637. The van der Waals surface area contributed by atoms with Gasteiger partial charge in [-0.15, -0.1) is 0 Å². The lowest BCUT2D eigenvalue weighted by Crippen LogP contribution is -2.46. The summed E-state index contributed by atoms with van der Waals surface area (Å²) in [5, 5.41) is 0. The van der Waals surface area contributed by atoms with E-state index >= 15 is 0 Å². The topological polar surface area (TPSA) is 18.8 Å². The van der Waals surface area contributed by atoms with Crippen molar-refractivity contribution in [2.24, 2.45) is 4.99 Å². The molecule has 1 rings (SSSR count). The number of allylic oxidation sites excluding steroid dienone is 1. The summed E-state index contributed by atoms with van der Waals surface area (Å²) < 4.78 is 0. The van der Waals surface area contributed by atoms with Crippen LogP contribution in [0, 0.1) is 0 Å². The van der Waals surface area contributed by atoms with Crippen molar-refractivity contribution in [1.82, 2.24) is 9.80 Å². The van der Waals surface area contributed by atoms with E-state index in [1.54, 1.807) is 0 Å². The van der Waals surface area contributed by atoms with E-state index in [1.165, 1.54) is 0 Å². The lowest BCUT2D eigenvalue weighted by Gasteiger charge is -2.32. The number of likely N-dealkylation sites (N-methyl/N-ethyl adjacent to an activating group) is 2. The molecule has 1 fully saturated rings. The fraction of sp³-hybridized carbons (Fsp3) is 0.700. The second kappa shape index (κ2) is 4.42. The highest BCUT2D eigenvalue weighted by Gasteiger charge is 2.15. The third-order valence-electron chi connectivity index (χ3n) is 2.36. The molecule has 3 heteroatoms. The maximum atomic E-state index is 4.49. The van der Waals surface area contributed by atoms with E-state index in [0.717, 1.165) is 37.6 Å². The molecule has 1 aliphatic heterocycles. The molecule has 0 atom stereocenters. The number of rotatable bonds is 2. The molecule has 74 valence electrons. The molecule has 0 amide bonds. The van der Waals surface area contributed by atoms with Crippen LogP contribution in [0.4, 0.5) is 0 Å². The Morgan fingerprint density at radius 1 is 1.46 bits per heavy atom. The van der Waals surface area contributed by atoms with Crippen LogP contribution in [0.2, 0.25) is 0 Å². The van der Waals surface area contributed by atoms with E-state index in [9.17, 15) is 0 Å². The Morgan fingerprint density at radius 2 is 2.15 bits per heavy atom. The second-order valence-electron chi connectivity index (χ2n) is 3.61. The summed E-state index contributed by atoms with van der Waals surface area (Å²) in [5.41, 5.74) is 0.970. The van der Waals surface area contributed by atoms with Crippen LogP contribution in [0.5, 0.6) is 0 Å². The summed E-state index contributed by atoms with van der Waals surface area (Å²) in [6, 6.07) is 0. The molecule has 0 spiro atoms. The number of aliphatic imine (C=N–C) groups is 1. The molecule has 0 aromatic rings. The van der Waals surface area contributed by atoms with Crippen LogP contribution in [0.25, 0.3) is 0 Å². The minimum absolute atomic E-state index is 0.932. The molecule has 0 radical (unpaired) electrons. The number of hydrogen-bond acceptors (Lipinski definition) is 2. The van der Waals surface area contributed by atoms with Crippen molar-refractivity contribution in [3.05, 3.63) is 12.3 Å². The van der Waals surface area contributed by atoms with Crippen LogP contribution in [0.1, 0.15) is 13.3 Å². The molecule has 0 aromatic carbocycles. The third-order valence-corrected chi connectivity index (χ3v) is 2.36. The van der Waals surface area contributed by atoms with Gasteiger partial charge in [0.1, 0.15) is 5.84 Å². The summed E-state index contributed by atoms with van der Waals surface area (Å²) >= 11 is 0. The summed E-state index contributed by atoms with van der Waals surface area (Å²) in [6.07, 6.45) is 0.932. The molecule has 0 saturated carbocycles. The zero-order valence-corrected chi connectivity index (χ0v) is 8.88. The average Bonchev–Trinajstić information content (AvgIpc) is 2.11. The van der Waals surface area contributed by atoms with E-state index in [-0.39, 0.29) is 0 Å². The van der Waals surface area contributed by atoms with E-state index < -0.39 is 0 Å². The molecule has 0 N–H and O–H groups in total. The Morgan fingerprint density at radius 3 is 2.77 bits per heavy atom. The molecule has 3 nitrogen and oxygen atoms in total. The normalized spacial score (nSPS) is 22.4. The zero-order chi connectivity index (χ0) is 9.84. The van der Waals surface area contributed by atoms with E-state index in [0.29, 0.717) is 0 Å². The van der Waals surface area contributed by atoms with Gasteiger partial charge in [-0.25, -0.2) is 4.99 Å². The van der Waals surface area contributed by atoms with Crippen LogP contribution in [-0.4, -0.2) is 49.4 Å². The Labute approximate surface area is 80.7 Å². The third kappa shape index (κ3) is 2.84. The predicted octanol–water partition coefficient (Wildman–Crippen LogP) is 1.19. The lowest BCUT2D eigenvalue weighted by atomic mass is 10.3. The van der Waals surface area contributed by atoms with Gasteiger partial charge in [-0.1, -0.05) is 13.5 Å². The number of hydrogen-bond donors (Lipinski definition) is 0. The Kier molecular flexibility index (Phi) is 3.48. The maximum absolute atomic E-state index is 4.49. The Bertz CT molecular complexity index is 220. The fourth-order valence-electron chi connectivity index (χ4n) is 1.27. The summed E-state index contributed by atoms with van der Waals surface area (Å²) in [5.74, 6) is 1.14. The van der Waals surface area contributed by atoms with Crippen LogP contribution in [0.3, 0.4) is 0 Å². The maximum Gasteiger partial charge on any atom is 0.118 e. The molecular weight excluding hydrogens is 162 g/mol. The fourth-order valence-corrected chi connectivity index (χ4v) is 1.27. The molecule has 1 saturated heterocycles. The van der Waals surface area contributed by atoms with Gasteiger partial charge in [0, 0.05) is 25.8 Å². The van der Waals surface area contributed by atoms with Crippen LogP contribution < -0.4 is 0 Å². The van der Waals surface area contributed by atoms with Gasteiger partial charge < -0.3 is 4.90 Å². The average molecular weight is 181 g/mol. The summed E-state index contributed by atoms with van der Waals surface area (Å²) in [6.45, 7) is 9.10. The predicted molar refractivity (Wildman–Crippen MR) is 57.0 cm³/mol. The van der Waals surface area contributed by atoms with Gasteiger partial charge in [0.2, 0.25) is 0 Å². The zero-order valence-electron chi connectivity index (χ0n) is 8.88. The van der Waals surface area contributed by atoms with Gasteiger partial charge in [-0.2, -0.15) is 0 Å². The highest BCUT2D eigenvalue weighted by Crippen LogP contribution is 2.05. The Balaban J connectivity index is 2.65. The van der Waals surface area contributed by atoms with Crippen molar-refractivity contribution in [3.63, 3.8) is 0 Å². The van der Waals surface area contributed by atoms with Crippen molar-refractivity contribution in [2.45, 2.75) is 13.3 Å². The van der Waals surface area contributed by atoms with Crippen molar-refractivity contribution in [1.29, 1.82) is 0 Å². The highest BCUT2D eigenvalue weighted by atomic mass is 15.3. The largest absolute Gasteiger partial charge is 0.361 e. The molecule has 0 bridgehead atoms. The SMILES string of the molecule is C=C(CC)N=C1CN(C)CCN1C. The number of piperazine rings is 1. The minimum Gasteiger partial charge on any atom is -0.361 e. The smallest absolute Gasteiger partial charge is 0.118 e. The minimum atomic E-state index is 0.932. The van der Waals surface area contributed by atoms with Gasteiger partial charge >= 0.3 is 0 Å². The number of nitrogens with zero attached hydrogens (tertiary/aromatic N) is 3. The standard InChI is InChI=1S/C10H19N3/c1-5-9(2)11-10-8-12(3)6-7-13(10)4/h2,5-8H2,1,3-4H3. The van der Waals surface area contributed by atoms with Crippen molar-refractivity contribution < 1.29 is 0 Å². The van der Waals surface area contributed by atoms with Gasteiger partial charge in [-0.3, -0.25) is 4.90 Å². The van der Waals surface area contributed by atoms with E-state index in [4.69, 9.17) is 0 Å². The second-order valence-corrected chi connectivity index (χ2v) is 3.61. The van der Waals surface area contributed by atoms with Gasteiger partial charge in [0.15, 0.2) is 0 Å². The first-order chi connectivity index (χ1) is 6.13. The van der Waals surface area contributed by atoms with Crippen LogP contribution in [0.15, 0.2) is 17.3 Å². The first-order valence-corrected chi connectivity index (χ1v) is 4.78. The molecule has 1 heterocycles. The lowest BCUT2D eigenvalue weighted by molar-refractivity contribution is 0.288. The highest BCUT2D eigenvalue weighted by molar-refractivity contribution is 5.85.